The zero-order valence-electron chi connectivity index (χ0n) is 12.2. The molecule has 9 heteroatoms. The Morgan fingerprint density at radius 2 is 1.74 bits per heavy atom. The van der Waals surface area contributed by atoms with Crippen LogP contribution in [0.2, 0.25) is 0 Å². The first-order valence-electron chi connectivity index (χ1n) is 6.64. The number of alkyl halides is 3. The fourth-order valence-electron chi connectivity index (χ4n) is 2.53. The second-order valence-electron chi connectivity index (χ2n) is 5.94. The molecule has 0 unspecified atom stereocenters. The van der Waals surface area contributed by atoms with Crippen LogP contribution in [0.4, 0.5) is 0 Å². The lowest BCUT2D eigenvalue weighted by Gasteiger charge is -2.49. The van der Waals surface area contributed by atoms with Gasteiger partial charge in [0, 0.05) is 22.2 Å². The van der Waals surface area contributed by atoms with E-state index >= 15 is 0 Å². The molecule has 1 aliphatic carbocycles. The highest BCUT2D eigenvalue weighted by molar-refractivity contribution is 9.10. The van der Waals surface area contributed by atoms with Crippen molar-refractivity contribution in [3.05, 3.63) is 28.7 Å². The lowest BCUT2D eigenvalue weighted by Crippen LogP contribution is -2.60. The SMILES string of the molecule is CC1(C)C(=O)[C@H](OS(=O)(=O)c2ccc(Br)cc2)[C@H]1CC(Cl)(Cl)Cl. The van der Waals surface area contributed by atoms with Gasteiger partial charge in [-0.25, -0.2) is 0 Å². The van der Waals surface area contributed by atoms with Crippen molar-refractivity contribution in [2.24, 2.45) is 11.3 Å². The molecule has 128 valence electrons. The molecule has 0 amide bonds. The topological polar surface area (TPSA) is 60.4 Å². The molecule has 1 saturated carbocycles. The fraction of sp³-hybridized carbons (Fsp3) is 0.500. The highest BCUT2D eigenvalue weighted by Crippen LogP contribution is 2.51. The third-order valence-corrected chi connectivity index (χ3v) is 6.27. The largest absolute Gasteiger partial charge is 0.297 e. The minimum absolute atomic E-state index is 0.0247. The zero-order valence-corrected chi connectivity index (χ0v) is 16.9. The number of Topliss-reactive ketones (excluding diaryl/α,β-unsaturated/α-hetero) is 1. The Bertz CT molecular complexity index is 711. The molecule has 0 spiro atoms. The summed E-state index contributed by atoms with van der Waals surface area (Å²) in [6.45, 7) is 3.37. The molecule has 2 rings (SSSR count). The van der Waals surface area contributed by atoms with Crippen LogP contribution in [0.1, 0.15) is 20.3 Å². The maximum Gasteiger partial charge on any atom is 0.297 e. The van der Waals surface area contributed by atoms with Gasteiger partial charge in [0.1, 0.15) is 6.10 Å². The van der Waals surface area contributed by atoms with E-state index in [4.69, 9.17) is 39.0 Å². The van der Waals surface area contributed by atoms with Gasteiger partial charge in [-0.1, -0.05) is 64.6 Å². The standard InChI is InChI=1S/C14H14BrCl3O4S/c1-13(2)10(7-14(16,17)18)11(12(13)19)22-23(20,21)9-5-3-8(15)4-6-9/h3-6,10-11H,7H2,1-2H3/t10-,11-/m1/s1. The third kappa shape index (κ3) is 4.22. The summed E-state index contributed by atoms with van der Waals surface area (Å²) < 4.78 is 28.9. The maximum absolute atomic E-state index is 12.3. The lowest BCUT2D eigenvalue weighted by molar-refractivity contribution is -0.161. The molecule has 1 aromatic rings. The van der Waals surface area contributed by atoms with Gasteiger partial charge in [0.05, 0.1) is 4.90 Å². The molecule has 0 saturated heterocycles. The summed E-state index contributed by atoms with van der Waals surface area (Å²) in [6.07, 6.45) is -1.12. The van der Waals surface area contributed by atoms with Crippen molar-refractivity contribution in [1.29, 1.82) is 0 Å². The molecular formula is C14H14BrCl3O4S. The predicted molar refractivity (Wildman–Crippen MR) is 93.4 cm³/mol. The van der Waals surface area contributed by atoms with Gasteiger partial charge < -0.3 is 0 Å². The smallest absolute Gasteiger partial charge is 0.296 e. The number of rotatable bonds is 4. The summed E-state index contributed by atoms with van der Waals surface area (Å²) in [5.74, 6) is -0.829. The first kappa shape index (κ1) is 19.5. The third-order valence-electron chi connectivity index (χ3n) is 3.97. The van der Waals surface area contributed by atoms with E-state index in [2.05, 4.69) is 15.9 Å². The van der Waals surface area contributed by atoms with Crippen LogP contribution in [0.5, 0.6) is 0 Å². The van der Waals surface area contributed by atoms with E-state index in [9.17, 15) is 13.2 Å². The van der Waals surface area contributed by atoms with Crippen molar-refractivity contribution >= 4 is 66.6 Å². The fourth-order valence-corrected chi connectivity index (χ4v) is 4.37. The second kappa shape index (κ2) is 6.46. The van der Waals surface area contributed by atoms with Crippen LogP contribution in [0.15, 0.2) is 33.6 Å². The van der Waals surface area contributed by atoms with E-state index in [-0.39, 0.29) is 17.1 Å². The van der Waals surface area contributed by atoms with Crippen LogP contribution in [0.25, 0.3) is 0 Å². The Balaban J connectivity index is 2.23. The van der Waals surface area contributed by atoms with Crippen molar-refractivity contribution in [2.75, 3.05) is 0 Å². The molecule has 0 aromatic heterocycles. The average Bonchev–Trinajstić information content (AvgIpc) is 2.42. The number of halogens is 4. The Morgan fingerprint density at radius 1 is 1.22 bits per heavy atom. The summed E-state index contributed by atoms with van der Waals surface area (Å²) in [6, 6.07) is 5.92. The molecule has 0 N–H and O–H groups in total. The van der Waals surface area contributed by atoms with Crippen LogP contribution < -0.4 is 0 Å². The van der Waals surface area contributed by atoms with E-state index in [1.165, 1.54) is 12.1 Å². The molecular weight excluding hydrogens is 450 g/mol. The van der Waals surface area contributed by atoms with Gasteiger partial charge in [-0.15, -0.1) is 0 Å². The minimum Gasteiger partial charge on any atom is -0.296 e. The quantitative estimate of drug-likeness (QED) is 0.486. The first-order chi connectivity index (χ1) is 10.3. The summed E-state index contributed by atoms with van der Waals surface area (Å²) in [5.41, 5.74) is -0.802. The molecule has 1 aromatic carbocycles. The van der Waals surface area contributed by atoms with Crippen LogP contribution in [-0.4, -0.2) is 24.1 Å². The van der Waals surface area contributed by atoms with Gasteiger partial charge in [0.15, 0.2) is 9.58 Å². The molecule has 1 fully saturated rings. The molecule has 23 heavy (non-hydrogen) atoms. The summed E-state index contributed by atoms with van der Waals surface area (Å²) in [5, 5.41) is 0. The van der Waals surface area contributed by atoms with Gasteiger partial charge in [0.2, 0.25) is 0 Å². The normalized spacial score (nSPS) is 24.3. The highest BCUT2D eigenvalue weighted by Gasteiger charge is 2.59. The van der Waals surface area contributed by atoms with Crippen LogP contribution in [0, 0.1) is 11.3 Å². The number of hydrogen-bond acceptors (Lipinski definition) is 4. The maximum atomic E-state index is 12.3. The number of benzene rings is 1. The minimum atomic E-state index is -4.08. The van der Waals surface area contributed by atoms with E-state index in [1.807, 2.05) is 0 Å². The Hall–Kier alpha value is 0.150. The van der Waals surface area contributed by atoms with Gasteiger partial charge >= 0.3 is 0 Å². The number of carbonyl (C=O) groups excluding carboxylic acids is 1. The summed E-state index contributed by atoms with van der Waals surface area (Å²) in [4.78, 5) is 12.2. The molecule has 0 heterocycles. The van der Waals surface area contributed by atoms with Crippen molar-refractivity contribution in [2.45, 2.75) is 35.1 Å². The van der Waals surface area contributed by atoms with Gasteiger partial charge in [-0.05, 0) is 24.3 Å². The first-order valence-corrected chi connectivity index (χ1v) is 9.98. The number of hydrogen-bond donors (Lipinski definition) is 0. The van der Waals surface area contributed by atoms with E-state index in [1.54, 1.807) is 26.0 Å². The highest BCUT2D eigenvalue weighted by atomic mass is 79.9. The molecule has 0 radical (unpaired) electrons. The lowest BCUT2D eigenvalue weighted by atomic mass is 9.58. The van der Waals surface area contributed by atoms with Crippen LogP contribution in [0.3, 0.4) is 0 Å². The van der Waals surface area contributed by atoms with Gasteiger partial charge in [-0.2, -0.15) is 8.42 Å². The van der Waals surface area contributed by atoms with E-state index < -0.39 is 31.3 Å². The van der Waals surface area contributed by atoms with Crippen molar-refractivity contribution in [3.8, 4) is 0 Å². The molecule has 2 atom stereocenters. The van der Waals surface area contributed by atoms with E-state index in [0.29, 0.717) is 0 Å². The zero-order chi connectivity index (χ0) is 17.6. The van der Waals surface area contributed by atoms with Gasteiger partial charge in [0.25, 0.3) is 10.1 Å². The molecule has 1 aliphatic rings. The predicted octanol–water partition coefficient (Wildman–Crippen LogP) is 4.51. The molecule has 0 aliphatic heterocycles. The average molecular weight is 465 g/mol. The number of carbonyl (C=O) groups is 1. The van der Waals surface area contributed by atoms with Crippen LogP contribution >= 0.6 is 50.7 Å². The van der Waals surface area contributed by atoms with Crippen molar-refractivity contribution in [3.63, 3.8) is 0 Å². The monoisotopic (exact) mass is 462 g/mol. The molecule has 0 bridgehead atoms. The second-order valence-corrected chi connectivity index (χ2v) is 10.9. The molecule has 4 nitrogen and oxygen atoms in total. The van der Waals surface area contributed by atoms with Crippen LogP contribution in [-0.2, 0) is 19.1 Å². The van der Waals surface area contributed by atoms with Crippen molar-refractivity contribution < 1.29 is 17.4 Å². The summed E-state index contributed by atoms with van der Waals surface area (Å²) in [7, 11) is -4.08. The number of ketones is 1. The Morgan fingerprint density at radius 3 is 2.22 bits per heavy atom. The van der Waals surface area contributed by atoms with Gasteiger partial charge in [-0.3, -0.25) is 8.98 Å². The van der Waals surface area contributed by atoms with Crippen molar-refractivity contribution in [1.82, 2.24) is 0 Å². The van der Waals surface area contributed by atoms with E-state index in [0.717, 1.165) is 4.47 Å². The summed E-state index contributed by atoms with van der Waals surface area (Å²) >= 11 is 20.6. The Labute approximate surface area is 158 Å². The Kier molecular flexibility index (Phi) is 5.47.